The highest BCUT2D eigenvalue weighted by atomic mass is 16.4. The Morgan fingerprint density at radius 3 is 2.83 bits per heavy atom. The molecule has 0 aromatic rings. The minimum Gasteiger partial charge on any atom is -0.481 e. The van der Waals surface area contributed by atoms with E-state index in [1.54, 1.807) is 6.92 Å². The van der Waals surface area contributed by atoms with Crippen molar-refractivity contribution in [1.29, 1.82) is 0 Å². The Morgan fingerprint density at radius 1 is 1.58 bits per heavy atom. The van der Waals surface area contributed by atoms with Crippen LogP contribution in [0.4, 0.5) is 0 Å². The zero-order valence-corrected chi connectivity index (χ0v) is 7.09. The van der Waals surface area contributed by atoms with Gasteiger partial charge < -0.3 is 10.4 Å². The van der Waals surface area contributed by atoms with Gasteiger partial charge in [-0.15, -0.1) is 0 Å². The maximum absolute atomic E-state index is 10.9. The third-order valence-electron chi connectivity index (χ3n) is 2.42. The first kappa shape index (κ1) is 9.03. The van der Waals surface area contributed by atoms with Gasteiger partial charge in [0.2, 0.25) is 5.91 Å². The Morgan fingerprint density at radius 2 is 2.25 bits per heavy atom. The van der Waals surface area contributed by atoms with Crippen LogP contribution in [0.25, 0.3) is 0 Å². The van der Waals surface area contributed by atoms with E-state index in [0.29, 0.717) is 25.8 Å². The molecule has 1 heterocycles. The molecular formula is C8H13NO3. The minimum absolute atomic E-state index is 0.0417. The first-order valence-electron chi connectivity index (χ1n) is 4.05. The lowest BCUT2D eigenvalue weighted by atomic mass is 9.83. The predicted octanol–water partition coefficient (Wildman–Crippen LogP) is 0.377. The smallest absolute Gasteiger partial charge is 0.309 e. The molecule has 68 valence electrons. The van der Waals surface area contributed by atoms with Crippen LogP contribution >= 0.6 is 0 Å². The zero-order valence-electron chi connectivity index (χ0n) is 7.09. The molecule has 1 amide bonds. The zero-order chi connectivity index (χ0) is 9.19. The number of carboxylic acids is 1. The Labute approximate surface area is 71.0 Å². The summed E-state index contributed by atoms with van der Waals surface area (Å²) in [6.07, 6.45) is 1.28. The molecule has 1 saturated heterocycles. The number of carbonyl (C=O) groups is 2. The summed E-state index contributed by atoms with van der Waals surface area (Å²) < 4.78 is 0. The van der Waals surface area contributed by atoms with Crippen molar-refractivity contribution in [3.05, 3.63) is 0 Å². The summed E-state index contributed by atoms with van der Waals surface area (Å²) in [6, 6.07) is 0. The highest BCUT2D eigenvalue weighted by Gasteiger charge is 2.34. The minimum atomic E-state index is -0.806. The Balaban J connectivity index is 2.67. The van der Waals surface area contributed by atoms with E-state index in [1.165, 1.54) is 0 Å². The van der Waals surface area contributed by atoms with Gasteiger partial charge in [0.15, 0.2) is 0 Å². The van der Waals surface area contributed by atoms with E-state index in [4.69, 9.17) is 5.11 Å². The quantitative estimate of drug-likeness (QED) is 0.599. The molecule has 0 unspecified atom stereocenters. The van der Waals surface area contributed by atoms with Crippen LogP contribution in [0.3, 0.4) is 0 Å². The average Bonchev–Trinajstić information content (AvgIpc) is 2.15. The average molecular weight is 171 g/mol. The number of carboxylic acid groups (broad SMARTS) is 1. The van der Waals surface area contributed by atoms with Crippen molar-refractivity contribution in [3.63, 3.8) is 0 Å². The van der Waals surface area contributed by atoms with Gasteiger partial charge in [0, 0.05) is 13.0 Å². The van der Waals surface area contributed by atoms with Crippen molar-refractivity contribution < 1.29 is 14.7 Å². The van der Waals surface area contributed by atoms with Gasteiger partial charge in [-0.1, -0.05) is 0 Å². The number of hydrogen-bond acceptors (Lipinski definition) is 2. The monoisotopic (exact) mass is 171 g/mol. The number of amides is 1. The lowest BCUT2D eigenvalue weighted by Crippen LogP contribution is -2.28. The number of hydrogen-bond donors (Lipinski definition) is 2. The molecule has 1 aliphatic rings. The molecule has 0 saturated carbocycles. The van der Waals surface area contributed by atoms with Crippen LogP contribution in [-0.4, -0.2) is 23.5 Å². The van der Waals surface area contributed by atoms with Gasteiger partial charge in [-0.05, 0) is 19.8 Å². The summed E-state index contributed by atoms with van der Waals surface area (Å²) in [5.41, 5.74) is -0.723. The Hall–Kier alpha value is -1.06. The second-order valence-corrected chi connectivity index (χ2v) is 3.47. The largest absolute Gasteiger partial charge is 0.481 e. The number of rotatable bonds is 1. The van der Waals surface area contributed by atoms with Crippen LogP contribution in [0.2, 0.25) is 0 Å². The summed E-state index contributed by atoms with van der Waals surface area (Å²) >= 11 is 0. The molecule has 0 aliphatic carbocycles. The van der Waals surface area contributed by atoms with Crippen molar-refractivity contribution in [1.82, 2.24) is 5.32 Å². The SMILES string of the molecule is C[C@@]1(C(=O)O)CCNC(=O)CC1. The molecule has 1 aliphatic heterocycles. The normalized spacial score (nSPS) is 30.6. The fourth-order valence-electron chi connectivity index (χ4n) is 1.29. The molecule has 1 atom stereocenters. The fraction of sp³-hybridized carbons (Fsp3) is 0.750. The Kier molecular flexibility index (Phi) is 2.35. The molecule has 4 nitrogen and oxygen atoms in total. The van der Waals surface area contributed by atoms with E-state index in [1.807, 2.05) is 0 Å². The molecule has 0 radical (unpaired) electrons. The number of aliphatic carboxylic acids is 1. The fourth-order valence-corrected chi connectivity index (χ4v) is 1.29. The third-order valence-corrected chi connectivity index (χ3v) is 2.42. The predicted molar refractivity (Wildman–Crippen MR) is 42.6 cm³/mol. The molecule has 0 spiro atoms. The van der Waals surface area contributed by atoms with Gasteiger partial charge in [-0.25, -0.2) is 0 Å². The van der Waals surface area contributed by atoms with E-state index in [0.717, 1.165) is 0 Å². The van der Waals surface area contributed by atoms with Gasteiger partial charge in [0.25, 0.3) is 0 Å². The first-order valence-corrected chi connectivity index (χ1v) is 4.05. The van der Waals surface area contributed by atoms with Gasteiger partial charge >= 0.3 is 5.97 Å². The van der Waals surface area contributed by atoms with Crippen molar-refractivity contribution in [2.45, 2.75) is 26.2 Å². The molecule has 1 fully saturated rings. The molecule has 12 heavy (non-hydrogen) atoms. The van der Waals surface area contributed by atoms with Crippen LogP contribution in [0, 0.1) is 5.41 Å². The van der Waals surface area contributed by atoms with E-state index >= 15 is 0 Å². The van der Waals surface area contributed by atoms with Crippen molar-refractivity contribution in [3.8, 4) is 0 Å². The van der Waals surface area contributed by atoms with Crippen LogP contribution in [0.1, 0.15) is 26.2 Å². The standard InChI is InChI=1S/C8H13NO3/c1-8(7(11)12)3-2-6(10)9-5-4-8/h2-5H2,1H3,(H,9,10)(H,11,12)/t8-/m0/s1. The molecule has 0 bridgehead atoms. The van der Waals surface area contributed by atoms with E-state index < -0.39 is 11.4 Å². The second-order valence-electron chi connectivity index (χ2n) is 3.47. The van der Waals surface area contributed by atoms with Crippen molar-refractivity contribution >= 4 is 11.9 Å². The van der Waals surface area contributed by atoms with Crippen molar-refractivity contribution in [2.24, 2.45) is 5.41 Å². The van der Waals surface area contributed by atoms with Crippen LogP contribution in [0.5, 0.6) is 0 Å². The van der Waals surface area contributed by atoms with Crippen LogP contribution < -0.4 is 5.32 Å². The summed E-state index contributed by atoms with van der Waals surface area (Å²) in [6.45, 7) is 2.16. The lowest BCUT2D eigenvalue weighted by Gasteiger charge is -2.20. The van der Waals surface area contributed by atoms with Gasteiger partial charge in [-0.2, -0.15) is 0 Å². The van der Waals surface area contributed by atoms with Crippen LogP contribution in [-0.2, 0) is 9.59 Å². The topological polar surface area (TPSA) is 66.4 Å². The summed E-state index contributed by atoms with van der Waals surface area (Å²) in [4.78, 5) is 21.7. The summed E-state index contributed by atoms with van der Waals surface area (Å²) in [5.74, 6) is -0.848. The summed E-state index contributed by atoms with van der Waals surface area (Å²) in [7, 11) is 0. The molecule has 4 heteroatoms. The molecule has 0 aromatic carbocycles. The Bertz CT molecular complexity index is 214. The van der Waals surface area contributed by atoms with Gasteiger partial charge in [0.1, 0.15) is 0 Å². The highest BCUT2D eigenvalue weighted by molar-refractivity contribution is 5.79. The van der Waals surface area contributed by atoms with Crippen molar-refractivity contribution in [2.75, 3.05) is 6.54 Å². The van der Waals surface area contributed by atoms with Crippen LogP contribution in [0.15, 0.2) is 0 Å². The van der Waals surface area contributed by atoms with Gasteiger partial charge in [0.05, 0.1) is 5.41 Å². The molecule has 1 rings (SSSR count). The maximum atomic E-state index is 10.9. The third kappa shape index (κ3) is 1.75. The lowest BCUT2D eigenvalue weighted by molar-refractivity contribution is -0.148. The number of nitrogens with one attached hydrogen (secondary N) is 1. The van der Waals surface area contributed by atoms with E-state index in [2.05, 4.69) is 5.32 Å². The van der Waals surface area contributed by atoms with E-state index in [-0.39, 0.29) is 5.91 Å². The summed E-state index contributed by atoms with van der Waals surface area (Å²) in [5, 5.41) is 11.5. The van der Waals surface area contributed by atoms with E-state index in [9.17, 15) is 9.59 Å². The maximum Gasteiger partial charge on any atom is 0.309 e. The first-order chi connectivity index (χ1) is 5.54. The molecule has 2 N–H and O–H groups in total. The van der Waals surface area contributed by atoms with Gasteiger partial charge in [-0.3, -0.25) is 9.59 Å². The highest BCUT2D eigenvalue weighted by Crippen LogP contribution is 2.29. The molecule has 0 aromatic heterocycles. The number of carbonyl (C=O) groups excluding carboxylic acids is 1. The second kappa shape index (κ2) is 3.13. The molecular weight excluding hydrogens is 158 g/mol.